The minimum Gasteiger partial charge on any atom is -0.352 e. The molecule has 0 radical (unpaired) electrons. The molecule has 1 N–H and O–H groups in total. The van der Waals surface area contributed by atoms with E-state index in [9.17, 15) is 9.59 Å². The topological polar surface area (TPSA) is 49.4 Å². The Bertz CT molecular complexity index is 965. The molecule has 1 aliphatic rings. The molecule has 2 aromatic rings. The van der Waals surface area contributed by atoms with Gasteiger partial charge in [0.05, 0.1) is 10.0 Å². The van der Waals surface area contributed by atoms with Crippen molar-refractivity contribution in [1.29, 1.82) is 0 Å². The number of halogens is 3. The van der Waals surface area contributed by atoms with E-state index in [-0.39, 0.29) is 17.9 Å². The van der Waals surface area contributed by atoms with Crippen molar-refractivity contribution in [1.82, 2.24) is 10.2 Å². The lowest BCUT2D eigenvalue weighted by molar-refractivity contribution is -0.141. The van der Waals surface area contributed by atoms with Gasteiger partial charge in [0.25, 0.3) is 0 Å². The first kappa shape index (κ1) is 27.2. The Morgan fingerprint density at radius 2 is 1.74 bits per heavy atom. The van der Waals surface area contributed by atoms with Crippen LogP contribution >= 0.6 is 46.6 Å². The number of thioether (sulfide) groups is 1. The molecule has 3 rings (SSSR count). The monoisotopic (exact) mass is 540 g/mol. The standard InChI is InChI=1S/C26H31Cl3N2O2S/c1-18(26(33)30-21-6-3-2-4-7-21)31(17-19-9-14-23(28)24(29)16-19)25(32)8-5-15-34-22-12-10-20(27)11-13-22/h9-14,16,18,21H,2-8,15,17H2,1H3,(H,30,33). The van der Waals surface area contributed by atoms with Gasteiger partial charge in [-0.3, -0.25) is 9.59 Å². The van der Waals surface area contributed by atoms with Crippen LogP contribution in [0.1, 0.15) is 57.4 Å². The van der Waals surface area contributed by atoms with Gasteiger partial charge in [-0.1, -0.05) is 60.1 Å². The van der Waals surface area contributed by atoms with Crippen LogP contribution in [0.3, 0.4) is 0 Å². The van der Waals surface area contributed by atoms with Gasteiger partial charge < -0.3 is 10.2 Å². The molecule has 2 aromatic carbocycles. The van der Waals surface area contributed by atoms with Crippen LogP contribution in [0.4, 0.5) is 0 Å². The molecular weight excluding hydrogens is 511 g/mol. The van der Waals surface area contributed by atoms with Gasteiger partial charge in [-0.15, -0.1) is 11.8 Å². The minimum atomic E-state index is -0.576. The Morgan fingerprint density at radius 1 is 1.03 bits per heavy atom. The highest BCUT2D eigenvalue weighted by Crippen LogP contribution is 2.25. The van der Waals surface area contributed by atoms with Gasteiger partial charge in [-0.2, -0.15) is 0 Å². The summed E-state index contributed by atoms with van der Waals surface area (Å²) in [7, 11) is 0. The predicted octanol–water partition coefficient (Wildman–Crippen LogP) is 7.39. The summed E-state index contributed by atoms with van der Waals surface area (Å²) < 4.78 is 0. The highest BCUT2D eigenvalue weighted by atomic mass is 35.5. The van der Waals surface area contributed by atoms with Crippen molar-refractivity contribution < 1.29 is 9.59 Å². The fourth-order valence-electron chi connectivity index (χ4n) is 4.07. The van der Waals surface area contributed by atoms with E-state index < -0.39 is 6.04 Å². The van der Waals surface area contributed by atoms with Gasteiger partial charge in [0.15, 0.2) is 0 Å². The number of hydrogen-bond donors (Lipinski definition) is 1. The van der Waals surface area contributed by atoms with E-state index >= 15 is 0 Å². The van der Waals surface area contributed by atoms with E-state index in [1.165, 1.54) is 6.42 Å². The number of rotatable bonds is 10. The Balaban J connectivity index is 1.62. The average molecular weight is 542 g/mol. The van der Waals surface area contributed by atoms with Crippen LogP contribution in [0.2, 0.25) is 15.1 Å². The fraction of sp³-hybridized carbons (Fsp3) is 0.462. The Kier molecular flexibility index (Phi) is 10.9. The third-order valence-electron chi connectivity index (χ3n) is 6.07. The highest BCUT2D eigenvalue weighted by Gasteiger charge is 2.28. The third-order valence-corrected chi connectivity index (χ3v) is 8.16. The second-order valence-electron chi connectivity index (χ2n) is 8.70. The Hall–Kier alpha value is -1.40. The van der Waals surface area contributed by atoms with Crippen LogP contribution in [-0.4, -0.2) is 34.6 Å². The minimum absolute atomic E-state index is 0.0472. The van der Waals surface area contributed by atoms with Crippen molar-refractivity contribution in [2.45, 2.75) is 75.4 Å². The molecule has 0 heterocycles. The number of nitrogens with one attached hydrogen (secondary N) is 1. The van der Waals surface area contributed by atoms with Gasteiger partial charge >= 0.3 is 0 Å². The molecule has 8 heteroatoms. The maximum Gasteiger partial charge on any atom is 0.242 e. The van der Waals surface area contributed by atoms with Crippen LogP contribution in [-0.2, 0) is 16.1 Å². The molecule has 1 aliphatic carbocycles. The van der Waals surface area contributed by atoms with Crippen molar-refractivity contribution in [2.24, 2.45) is 0 Å². The number of hydrogen-bond acceptors (Lipinski definition) is 3. The Morgan fingerprint density at radius 3 is 2.41 bits per heavy atom. The van der Waals surface area contributed by atoms with Crippen LogP contribution in [0, 0.1) is 0 Å². The summed E-state index contributed by atoms with van der Waals surface area (Å²) in [6.45, 7) is 2.11. The lowest BCUT2D eigenvalue weighted by Gasteiger charge is -2.31. The zero-order valence-electron chi connectivity index (χ0n) is 19.4. The molecule has 0 bridgehead atoms. The molecule has 0 aliphatic heterocycles. The normalized spacial score (nSPS) is 15.1. The first-order valence-corrected chi connectivity index (χ1v) is 13.9. The van der Waals surface area contributed by atoms with Gasteiger partial charge in [0.1, 0.15) is 6.04 Å². The summed E-state index contributed by atoms with van der Waals surface area (Å²) in [5, 5.41) is 4.76. The lowest BCUT2D eigenvalue weighted by atomic mass is 9.95. The van der Waals surface area contributed by atoms with E-state index in [0.717, 1.165) is 41.9 Å². The van der Waals surface area contributed by atoms with Gasteiger partial charge in [-0.05, 0) is 73.9 Å². The molecule has 0 aromatic heterocycles. The zero-order chi connectivity index (χ0) is 24.5. The summed E-state index contributed by atoms with van der Waals surface area (Å²) in [5.74, 6) is 0.654. The van der Waals surface area contributed by atoms with Crippen LogP contribution in [0.5, 0.6) is 0 Å². The maximum absolute atomic E-state index is 13.3. The zero-order valence-corrected chi connectivity index (χ0v) is 22.5. The average Bonchev–Trinajstić information content (AvgIpc) is 2.83. The van der Waals surface area contributed by atoms with Gasteiger partial charge in [-0.25, -0.2) is 0 Å². The molecule has 1 fully saturated rings. The predicted molar refractivity (Wildman–Crippen MR) is 143 cm³/mol. The number of carbonyl (C=O) groups is 2. The molecule has 4 nitrogen and oxygen atoms in total. The fourth-order valence-corrected chi connectivity index (χ4v) is 5.37. The largest absolute Gasteiger partial charge is 0.352 e. The van der Waals surface area contributed by atoms with Gasteiger partial charge in [0, 0.05) is 28.9 Å². The molecule has 1 atom stereocenters. The number of carbonyl (C=O) groups excluding carboxylic acids is 2. The Labute approximate surface area is 221 Å². The molecule has 2 amide bonds. The van der Waals surface area contributed by atoms with E-state index in [2.05, 4.69) is 5.32 Å². The van der Waals surface area contributed by atoms with Crippen molar-refractivity contribution in [3.05, 3.63) is 63.1 Å². The summed E-state index contributed by atoms with van der Waals surface area (Å²) in [6.07, 6.45) is 6.57. The summed E-state index contributed by atoms with van der Waals surface area (Å²) in [4.78, 5) is 29.1. The third kappa shape index (κ3) is 8.37. The van der Waals surface area contributed by atoms with E-state index in [4.69, 9.17) is 34.8 Å². The molecule has 0 saturated heterocycles. The van der Waals surface area contributed by atoms with Crippen LogP contribution in [0.25, 0.3) is 0 Å². The summed E-state index contributed by atoms with van der Waals surface area (Å²) in [5.41, 5.74) is 0.843. The quantitative estimate of drug-likeness (QED) is 0.252. The molecular formula is C26H31Cl3N2O2S. The maximum atomic E-state index is 13.3. The van der Waals surface area contributed by atoms with E-state index in [1.54, 1.807) is 35.7 Å². The smallest absolute Gasteiger partial charge is 0.242 e. The van der Waals surface area contributed by atoms with Crippen molar-refractivity contribution in [3.63, 3.8) is 0 Å². The molecule has 0 spiro atoms. The molecule has 1 saturated carbocycles. The van der Waals surface area contributed by atoms with E-state index in [0.29, 0.717) is 34.5 Å². The first-order valence-electron chi connectivity index (χ1n) is 11.8. The van der Waals surface area contributed by atoms with Crippen LogP contribution in [0.15, 0.2) is 47.4 Å². The number of benzene rings is 2. The molecule has 34 heavy (non-hydrogen) atoms. The summed E-state index contributed by atoms with van der Waals surface area (Å²) in [6, 6.07) is 12.6. The van der Waals surface area contributed by atoms with Crippen molar-refractivity contribution >= 4 is 58.4 Å². The molecule has 184 valence electrons. The highest BCUT2D eigenvalue weighted by molar-refractivity contribution is 7.99. The second kappa shape index (κ2) is 13.6. The van der Waals surface area contributed by atoms with Crippen molar-refractivity contribution in [2.75, 3.05) is 5.75 Å². The number of nitrogens with zero attached hydrogens (tertiary/aromatic N) is 1. The van der Waals surface area contributed by atoms with Crippen LogP contribution < -0.4 is 5.32 Å². The summed E-state index contributed by atoms with van der Waals surface area (Å²) >= 11 is 19.9. The SMILES string of the molecule is CC(C(=O)NC1CCCCC1)N(Cc1ccc(Cl)c(Cl)c1)C(=O)CCCSc1ccc(Cl)cc1. The second-order valence-corrected chi connectivity index (χ2v) is 11.1. The first-order chi connectivity index (χ1) is 16.3. The van der Waals surface area contributed by atoms with E-state index in [1.807, 2.05) is 30.3 Å². The van der Waals surface area contributed by atoms with Crippen molar-refractivity contribution in [3.8, 4) is 0 Å². The lowest BCUT2D eigenvalue weighted by Crippen LogP contribution is -2.50. The molecule has 1 unspecified atom stereocenters. The number of amides is 2. The van der Waals surface area contributed by atoms with Gasteiger partial charge in [0.2, 0.25) is 11.8 Å².